The highest BCUT2D eigenvalue weighted by Crippen LogP contribution is 2.20. The van der Waals surface area contributed by atoms with Crippen LogP contribution in [0.3, 0.4) is 0 Å². The molecule has 60 valence electrons. The highest BCUT2D eigenvalue weighted by Gasteiger charge is 1.92. The molecular weight excluding hydrogens is 218 g/mol. The van der Waals surface area contributed by atoms with E-state index in [1.165, 1.54) is 0 Å². The van der Waals surface area contributed by atoms with Gasteiger partial charge >= 0.3 is 0 Å². The van der Waals surface area contributed by atoms with Crippen molar-refractivity contribution in [2.45, 2.75) is 0 Å². The van der Waals surface area contributed by atoms with Gasteiger partial charge in [0.1, 0.15) is 0 Å². The highest BCUT2D eigenvalue weighted by atomic mass is 79.9. The zero-order chi connectivity index (χ0) is 8.81. The van der Waals surface area contributed by atoms with Gasteiger partial charge in [0.05, 0.1) is 0 Å². The number of nitrogens with zero attached hydrogens (tertiary/aromatic N) is 3. The van der Waals surface area contributed by atoms with Gasteiger partial charge in [-0.1, -0.05) is 45.3 Å². The molecule has 1 aromatic rings. The van der Waals surface area contributed by atoms with Gasteiger partial charge in [-0.2, -0.15) is 0 Å². The fourth-order valence-electron chi connectivity index (χ4n) is 0.836. The van der Waals surface area contributed by atoms with Crippen LogP contribution in [0.5, 0.6) is 0 Å². The minimum Gasteiger partial charge on any atom is -0.0618 e. The maximum atomic E-state index is 8.23. The Kier molecular flexibility index (Phi) is 3.38. The highest BCUT2D eigenvalue weighted by molar-refractivity contribution is 9.11. The Labute approximate surface area is 78.5 Å². The zero-order valence-electron chi connectivity index (χ0n) is 6.18. The molecule has 0 amide bonds. The molecule has 0 bridgehead atoms. The predicted molar refractivity (Wildman–Crippen MR) is 53.2 cm³/mol. The Morgan fingerprint density at radius 2 is 2.17 bits per heavy atom. The van der Waals surface area contributed by atoms with Crippen molar-refractivity contribution in [3.8, 4) is 0 Å². The third-order valence-corrected chi connectivity index (χ3v) is 1.60. The van der Waals surface area contributed by atoms with E-state index >= 15 is 0 Å². The van der Waals surface area contributed by atoms with E-state index in [-0.39, 0.29) is 0 Å². The molecule has 12 heavy (non-hydrogen) atoms. The summed E-state index contributed by atoms with van der Waals surface area (Å²) in [4.78, 5) is 4.45. The van der Waals surface area contributed by atoms with Crippen LogP contribution in [0.25, 0.3) is 16.5 Å². The monoisotopic (exact) mass is 223 g/mol. The summed E-state index contributed by atoms with van der Waals surface area (Å²) in [5.41, 5.74) is 9.77. The van der Waals surface area contributed by atoms with Gasteiger partial charge in [0.15, 0.2) is 0 Å². The molecule has 0 unspecified atom stereocenters. The molecule has 0 atom stereocenters. The molecule has 0 saturated carbocycles. The molecule has 0 aliphatic carbocycles. The number of halogens is 1. The van der Waals surface area contributed by atoms with Gasteiger partial charge in [-0.25, -0.2) is 0 Å². The van der Waals surface area contributed by atoms with Crippen LogP contribution >= 0.6 is 15.9 Å². The second kappa shape index (κ2) is 4.59. The van der Waals surface area contributed by atoms with Gasteiger partial charge in [-0.15, -0.1) is 0 Å². The average molecular weight is 224 g/mol. The Bertz CT molecular complexity index is 340. The minimum atomic E-state index is 0.635. The van der Waals surface area contributed by atoms with Gasteiger partial charge in [0, 0.05) is 10.6 Å². The van der Waals surface area contributed by atoms with Crippen molar-refractivity contribution in [1.82, 2.24) is 0 Å². The average Bonchev–Trinajstić information content (AvgIpc) is 2.09. The van der Waals surface area contributed by atoms with E-state index in [4.69, 9.17) is 5.53 Å². The maximum absolute atomic E-state index is 8.23. The lowest BCUT2D eigenvalue weighted by Crippen LogP contribution is -1.70. The number of rotatable bonds is 2. The lowest BCUT2D eigenvalue weighted by molar-refractivity contribution is 1.46. The molecule has 0 aromatic heterocycles. The molecule has 0 N–H and O–H groups in total. The van der Waals surface area contributed by atoms with E-state index in [2.05, 4.69) is 26.0 Å². The first-order valence-electron chi connectivity index (χ1n) is 3.29. The summed E-state index contributed by atoms with van der Waals surface area (Å²) in [6, 6.07) is 7.36. The van der Waals surface area contributed by atoms with Gasteiger partial charge in [-0.3, -0.25) is 0 Å². The van der Waals surface area contributed by atoms with Gasteiger partial charge in [0.25, 0.3) is 0 Å². The molecule has 3 nitrogen and oxygen atoms in total. The molecule has 0 aliphatic rings. The molecule has 0 saturated heterocycles. The van der Waals surface area contributed by atoms with Crippen LogP contribution in [-0.4, -0.2) is 0 Å². The Morgan fingerprint density at radius 1 is 1.42 bits per heavy atom. The van der Waals surface area contributed by atoms with E-state index < -0.39 is 0 Å². The number of benzene rings is 1. The molecular formula is C8H6BrN3. The van der Waals surface area contributed by atoms with Gasteiger partial charge in [-0.05, 0) is 22.2 Å². The third-order valence-electron chi connectivity index (χ3n) is 1.33. The Balaban J connectivity index is 3.16. The first kappa shape index (κ1) is 8.84. The first-order valence-corrected chi connectivity index (χ1v) is 4.21. The van der Waals surface area contributed by atoms with Crippen molar-refractivity contribution in [1.29, 1.82) is 0 Å². The van der Waals surface area contributed by atoms with E-state index in [1.807, 2.05) is 24.3 Å². The summed E-state index contributed by atoms with van der Waals surface area (Å²) in [6.45, 7) is 0. The molecule has 1 rings (SSSR count). The van der Waals surface area contributed by atoms with Crippen LogP contribution in [0.2, 0.25) is 0 Å². The Morgan fingerprint density at radius 3 is 2.83 bits per heavy atom. The van der Waals surface area contributed by atoms with Crippen molar-refractivity contribution in [2.75, 3.05) is 0 Å². The van der Waals surface area contributed by atoms with E-state index in [0.717, 1.165) is 5.56 Å². The lowest BCUT2D eigenvalue weighted by atomic mass is 10.2. The summed E-state index contributed by atoms with van der Waals surface area (Å²) < 4.78 is 0. The van der Waals surface area contributed by atoms with Crippen LogP contribution in [0.1, 0.15) is 5.56 Å². The molecule has 0 spiro atoms. The van der Waals surface area contributed by atoms with Gasteiger partial charge < -0.3 is 0 Å². The van der Waals surface area contributed by atoms with Crippen LogP contribution < -0.4 is 0 Å². The SMILES string of the molecule is [N-]=[N+]=Nc1ccccc1/C=C/Br. The topological polar surface area (TPSA) is 48.8 Å². The predicted octanol–water partition coefficient (Wildman–Crippen LogP) is 3.99. The second-order valence-corrected chi connectivity index (χ2v) is 2.57. The van der Waals surface area contributed by atoms with Crippen molar-refractivity contribution >= 4 is 27.7 Å². The van der Waals surface area contributed by atoms with E-state index in [1.54, 1.807) is 11.1 Å². The van der Waals surface area contributed by atoms with Crippen LogP contribution in [0.15, 0.2) is 34.4 Å². The lowest BCUT2D eigenvalue weighted by Gasteiger charge is -1.95. The number of hydrogen-bond acceptors (Lipinski definition) is 1. The van der Waals surface area contributed by atoms with Crippen molar-refractivity contribution < 1.29 is 0 Å². The summed E-state index contributed by atoms with van der Waals surface area (Å²) in [7, 11) is 0. The molecule has 0 fully saturated rings. The van der Waals surface area contributed by atoms with E-state index in [0.29, 0.717) is 5.69 Å². The quantitative estimate of drug-likeness (QED) is 0.414. The molecule has 4 heteroatoms. The summed E-state index contributed by atoms with van der Waals surface area (Å²) in [6.07, 6.45) is 1.82. The zero-order valence-corrected chi connectivity index (χ0v) is 7.77. The number of azide groups is 1. The molecule has 1 aromatic carbocycles. The fraction of sp³-hybridized carbons (Fsp3) is 0. The first-order chi connectivity index (χ1) is 5.88. The largest absolute Gasteiger partial charge is 0.0618 e. The van der Waals surface area contributed by atoms with Gasteiger partial charge in [0.2, 0.25) is 0 Å². The van der Waals surface area contributed by atoms with Crippen molar-refractivity contribution in [2.24, 2.45) is 5.11 Å². The Hall–Kier alpha value is -1.25. The van der Waals surface area contributed by atoms with Crippen LogP contribution in [0, 0.1) is 0 Å². The normalized spacial score (nSPS) is 9.75. The van der Waals surface area contributed by atoms with Crippen molar-refractivity contribution in [3.63, 3.8) is 0 Å². The van der Waals surface area contributed by atoms with Crippen molar-refractivity contribution in [3.05, 3.63) is 45.3 Å². The molecule has 0 radical (unpaired) electrons. The maximum Gasteiger partial charge on any atom is 0.0447 e. The van der Waals surface area contributed by atoms with Crippen LogP contribution in [-0.2, 0) is 0 Å². The summed E-state index contributed by atoms with van der Waals surface area (Å²) in [5, 5.41) is 3.53. The van der Waals surface area contributed by atoms with E-state index in [9.17, 15) is 0 Å². The minimum absolute atomic E-state index is 0.635. The number of hydrogen-bond donors (Lipinski definition) is 0. The fourth-order valence-corrected chi connectivity index (χ4v) is 1.12. The molecule has 0 aliphatic heterocycles. The summed E-state index contributed by atoms with van der Waals surface area (Å²) in [5.74, 6) is 0. The smallest absolute Gasteiger partial charge is 0.0447 e. The van der Waals surface area contributed by atoms with Crippen LogP contribution in [0.4, 0.5) is 5.69 Å². The second-order valence-electron chi connectivity index (χ2n) is 2.04. The molecule has 0 heterocycles. The summed E-state index contributed by atoms with van der Waals surface area (Å²) >= 11 is 3.16. The third kappa shape index (κ3) is 2.12. The standard InChI is InChI=1S/C8H6BrN3/c9-6-5-7-3-1-2-4-8(7)11-12-10/h1-6H/b6-5+.